The number of ether oxygens (including phenoxy) is 1. The zero-order chi connectivity index (χ0) is 19.1. The second-order valence-corrected chi connectivity index (χ2v) is 7.34. The summed E-state index contributed by atoms with van der Waals surface area (Å²) in [4.78, 5) is 23.5. The highest BCUT2D eigenvalue weighted by Crippen LogP contribution is 2.40. The molecule has 1 aliphatic rings. The van der Waals surface area contributed by atoms with Gasteiger partial charge in [-0.25, -0.2) is 0 Å². The van der Waals surface area contributed by atoms with Gasteiger partial charge in [0.05, 0.1) is 11.0 Å². The Bertz CT molecular complexity index is 889. The second kappa shape index (κ2) is 6.44. The van der Waals surface area contributed by atoms with E-state index < -0.39 is 10.5 Å². The third kappa shape index (κ3) is 3.40. The molecule has 0 aromatic heterocycles. The standard InChI is InChI=1S/C20H22N2O4/c1-12-8-9-18-15(10-12)16(11-20(3,4)26-18)21-19(23)14-6-5-7-17(13(14)2)22(24)25/h5-10,16H,11H2,1-4H3,(H,21,23)/t16-/m0/s1. The van der Waals surface area contributed by atoms with Gasteiger partial charge in [-0.05, 0) is 39.8 Å². The molecule has 3 rings (SSSR count). The molecule has 1 atom stereocenters. The Balaban J connectivity index is 1.94. The van der Waals surface area contributed by atoms with Crippen LogP contribution in [0.5, 0.6) is 5.75 Å². The SMILES string of the molecule is Cc1ccc2c(c1)[C@@H](NC(=O)c1cccc([N+](=O)[O-])c1C)CC(C)(C)O2. The molecule has 0 spiro atoms. The average Bonchev–Trinajstić information content (AvgIpc) is 2.54. The van der Waals surface area contributed by atoms with Crippen molar-refractivity contribution in [2.75, 3.05) is 0 Å². The zero-order valence-corrected chi connectivity index (χ0v) is 15.3. The van der Waals surface area contributed by atoms with Gasteiger partial charge in [0.1, 0.15) is 11.4 Å². The van der Waals surface area contributed by atoms with Crippen LogP contribution in [-0.4, -0.2) is 16.4 Å². The summed E-state index contributed by atoms with van der Waals surface area (Å²) in [5, 5.41) is 14.2. The fourth-order valence-corrected chi connectivity index (χ4v) is 3.41. The van der Waals surface area contributed by atoms with E-state index in [4.69, 9.17) is 4.74 Å². The van der Waals surface area contributed by atoms with Crippen LogP contribution in [0.15, 0.2) is 36.4 Å². The molecule has 0 fully saturated rings. The van der Waals surface area contributed by atoms with Gasteiger partial charge in [0.2, 0.25) is 0 Å². The predicted octanol–water partition coefficient (Wildman–Crippen LogP) is 4.24. The molecule has 1 amide bonds. The Kier molecular flexibility index (Phi) is 4.44. The number of amides is 1. The van der Waals surface area contributed by atoms with Crippen LogP contribution in [0.2, 0.25) is 0 Å². The first-order valence-electron chi connectivity index (χ1n) is 8.52. The Morgan fingerprint density at radius 2 is 2.00 bits per heavy atom. The van der Waals surface area contributed by atoms with Crippen molar-refractivity contribution in [2.45, 2.75) is 45.8 Å². The summed E-state index contributed by atoms with van der Waals surface area (Å²) in [6.07, 6.45) is 0.614. The summed E-state index contributed by atoms with van der Waals surface area (Å²) in [6, 6.07) is 10.2. The van der Waals surface area contributed by atoms with Crippen LogP contribution in [-0.2, 0) is 0 Å². The minimum absolute atomic E-state index is 0.0544. The van der Waals surface area contributed by atoms with Gasteiger partial charge in [0, 0.05) is 29.2 Å². The molecule has 0 radical (unpaired) electrons. The van der Waals surface area contributed by atoms with Crippen LogP contribution < -0.4 is 10.1 Å². The van der Waals surface area contributed by atoms with E-state index >= 15 is 0 Å². The highest BCUT2D eigenvalue weighted by Gasteiger charge is 2.35. The highest BCUT2D eigenvalue weighted by molar-refractivity contribution is 5.96. The van der Waals surface area contributed by atoms with Crippen LogP contribution in [0.1, 0.15) is 53.4 Å². The maximum atomic E-state index is 12.8. The lowest BCUT2D eigenvalue weighted by molar-refractivity contribution is -0.385. The van der Waals surface area contributed by atoms with E-state index in [9.17, 15) is 14.9 Å². The van der Waals surface area contributed by atoms with Crippen molar-refractivity contribution in [3.05, 3.63) is 68.8 Å². The van der Waals surface area contributed by atoms with E-state index in [1.807, 2.05) is 39.0 Å². The minimum atomic E-state index is -0.470. The Labute approximate surface area is 152 Å². The third-order valence-electron chi connectivity index (χ3n) is 4.67. The molecule has 1 aliphatic heterocycles. The molecular weight excluding hydrogens is 332 g/mol. The number of carbonyl (C=O) groups is 1. The Morgan fingerprint density at radius 3 is 2.69 bits per heavy atom. The second-order valence-electron chi connectivity index (χ2n) is 7.34. The fraction of sp³-hybridized carbons (Fsp3) is 0.350. The number of carbonyl (C=O) groups excluding carboxylic acids is 1. The normalized spacial score (nSPS) is 17.8. The van der Waals surface area contributed by atoms with E-state index in [0.29, 0.717) is 17.5 Å². The van der Waals surface area contributed by atoms with Gasteiger partial charge in [-0.2, -0.15) is 0 Å². The van der Waals surface area contributed by atoms with Crippen molar-refractivity contribution in [1.29, 1.82) is 0 Å². The number of nitro benzene ring substituents is 1. The molecular formula is C20H22N2O4. The van der Waals surface area contributed by atoms with Gasteiger partial charge in [0.25, 0.3) is 11.6 Å². The first kappa shape index (κ1) is 17.9. The van der Waals surface area contributed by atoms with Crippen molar-refractivity contribution in [3.8, 4) is 5.75 Å². The van der Waals surface area contributed by atoms with Crippen molar-refractivity contribution in [1.82, 2.24) is 5.32 Å². The van der Waals surface area contributed by atoms with Crippen LogP contribution in [0.3, 0.4) is 0 Å². The topological polar surface area (TPSA) is 81.5 Å². The molecule has 2 aromatic rings. The summed E-state index contributed by atoms with van der Waals surface area (Å²) >= 11 is 0. The molecule has 0 unspecified atom stereocenters. The van der Waals surface area contributed by atoms with Crippen molar-refractivity contribution < 1.29 is 14.5 Å². The largest absolute Gasteiger partial charge is 0.487 e. The van der Waals surface area contributed by atoms with Crippen molar-refractivity contribution in [3.63, 3.8) is 0 Å². The fourth-order valence-electron chi connectivity index (χ4n) is 3.41. The highest BCUT2D eigenvalue weighted by atomic mass is 16.6. The molecule has 1 heterocycles. The zero-order valence-electron chi connectivity index (χ0n) is 15.3. The summed E-state index contributed by atoms with van der Waals surface area (Å²) in [5.41, 5.74) is 2.22. The lowest BCUT2D eigenvalue weighted by Crippen LogP contribution is -2.41. The van der Waals surface area contributed by atoms with Crippen LogP contribution in [0.25, 0.3) is 0 Å². The van der Waals surface area contributed by atoms with E-state index in [1.165, 1.54) is 12.1 Å². The number of aryl methyl sites for hydroxylation is 1. The molecule has 26 heavy (non-hydrogen) atoms. The van der Waals surface area contributed by atoms with Gasteiger partial charge >= 0.3 is 0 Å². The van der Waals surface area contributed by atoms with E-state index in [1.54, 1.807) is 13.0 Å². The molecule has 0 saturated heterocycles. The van der Waals surface area contributed by atoms with Gasteiger partial charge in [-0.1, -0.05) is 23.8 Å². The minimum Gasteiger partial charge on any atom is -0.487 e. The molecule has 1 N–H and O–H groups in total. The quantitative estimate of drug-likeness (QED) is 0.660. The summed E-state index contributed by atoms with van der Waals surface area (Å²) < 4.78 is 6.03. The molecule has 0 aliphatic carbocycles. The smallest absolute Gasteiger partial charge is 0.273 e. The predicted molar refractivity (Wildman–Crippen MR) is 98.5 cm³/mol. The number of fused-ring (bicyclic) bond motifs is 1. The number of benzene rings is 2. The Hall–Kier alpha value is -2.89. The maximum absolute atomic E-state index is 12.8. The van der Waals surface area contributed by atoms with Gasteiger partial charge in [-0.3, -0.25) is 14.9 Å². The number of hydrogen-bond acceptors (Lipinski definition) is 4. The van der Waals surface area contributed by atoms with Gasteiger partial charge < -0.3 is 10.1 Å². The lowest BCUT2D eigenvalue weighted by Gasteiger charge is -2.38. The van der Waals surface area contributed by atoms with E-state index in [0.717, 1.165) is 16.9 Å². The van der Waals surface area contributed by atoms with Crippen LogP contribution >= 0.6 is 0 Å². The van der Waals surface area contributed by atoms with Gasteiger partial charge in [0.15, 0.2) is 0 Å². The van der Waals surface area contributed by atoms with Gasteiger partial charge in [-0.15, -0.1) is 0 Å². The van der Waals surface area contributed by atoms with Crippen molar-refractivity contribution >= 4 is 11.6 Å². The Morgan fingerprint density at radius 1 is 1.27 bits per heavy atom. The van der Waals surface area contributed by atoms with E-state index in [-0.39, 0.29) is 17.6 Å². The first-order chi connectivity index (χ1) is 12.2. The number of nitrogens with one attached hydrogen (secondary N) is 1. The molecule has 6 nitrogen and oxygen atoms in total. The molecule has 136 valence electrons. The monoisotopic (exact) mass is 354 g/mol. The molecule has 2 aromatic carbocycles. The van der Waals surface area contributed by atoms with Crippen LogP contribution in [0.4, 0.5) is 5.69 Å². The number of hydrogen-bond donors (Lipinski definition) is 1. The van der Waals surface area contributed by atoms with E-state index in [2.05, 4.69) is 5.32 Å². The lowest BCUT2D eigenvalue weighted by atomic mass is 9.88. The first-order valence-corrected chi connectivity index (χ1v) is 8.52. The van der Waals surface area contributed by atoms with Crippen molar-refractivity contribution in [2.24, 2.45) is 0 Å². The number of rotatable bonds is 3. The summed E-state index contributed by atoms with van der Waals surface area (Å²) in [7, 11) is 0. The summed E-state index contributed by atoms with van der Waals surface area (Å²) in [5.74, 6) is 0.439. The number of nitrogens with zero attached hydrogens (tertiary/aromatic N) is 1. The molecule has 0 bridgehead atoms. The molecule has 0 saturated carbocycles. The molecule has 6 heteroatoms. The number of nitro groups is 1. The summed E-state index contributed by atoms with van der Waals surface area (Å²) in [6.45, 7) is 7.55. The van der Waals surface area contributed by atoms with Crippen LogP contribution in [0, 0.1) is 24.0 Å². The average molecular weight is 354 g/mol. The maximum Gasteiger partial charge on any atom is 0.273 e. The third-order valence-corrected chi connectivity index (χ3v) is 4.67.